The van der Waals surface area contributed by atoms with Crippen LogP contribution in [-0.2, 0) is 24.0 Å². The molecule has 45 heavy (non-hydrogen) atoms. The number of amides is 5. The molecule has 0 radical (unpaired) electrons. The molecule has 5 amide bonds. The molecule has 0 spiro atoms. The van der Waals surface area contributed by atoms with Crippen LogP contribution in [-0.4, -0.2) is 103 Å². The summed E-state index contributed by atoms with van der Waals surface area (Å²) in [5, 5.41) is 39.5. The molecule has 0 aromatic heterocycles. The van der Waals surface area contributed by atoms with Crippen LogP contribution in [0, 0.1) is 16.7 Å². The van der Waals surface area contributed by atoms with Crippen molar-refractivity contribution < 1.29 is 29.1 Å². The molecule has 0 aromatic carbocycles. The number of nitrogens with two attached hydrogens (primary N) is 5. The SMILES string of the molecule is CC(C)[C@H](N)C(=O)N[C@@H](CO)C(=O)N[C@@H](CCCCN)C(=O)N[C@@H](CCCNC(=N)N)C(=O)N[C@@H](CCCNC(=N)N)C(N)=O. The molecule has 0 heterocycles. The third kappa shape index (κ3) is 17.6. The predicted molar refractivity (Wildman–Crippen MR) is 168 cm³/mol. The van der Waals surface area contributed by atoms with E-state index >= 15 is 0 Å². The molecule has 0 aliphatic heterocycles. The minimum Gasteiger partial charge on any atom is -0.394 e. The number of aliphatic hydroxyl groups excluding tert-OH is 1. The average molecular weight is 644 g/mol. The van der Waals surface area contributed by atoms with Gasteiger partial charge in [-0.25, -0.2) is 0 Å². The summed E-state index contributed by atoms with van der Waals surface area (Å²) >= 11 is 0. The molecule has 19 N–H and O–H groups in total. The Hall–Kier alpha value is -4.23. The van der Waals surface area contributed by atoms with Gasteiger partial charge < -0.3 is 65.7 Å². The summed E-state index contributed by atoms with van der Waals surface area (Å²) in [5.74, 6) is -4.52. The number of aliphatic hydroxyl groups is 1. The van der Waals surface area contributed by atoms with E-state index in [2.05, 4.69) is 31.9 Å². The highest BCUT2D eigenvalue weighted by Gasteiger charge is 2.31. The number of nitrogens with one attached hydrogen (secondary N) is 8. The maximum Gasteiger partial charge on any atom is 0.245 e. The van der Waals surface area contributed by atoms with Gasteiger partial charge in [-0.1, -0.05) is 13.8 Å². The third-order valence-electron chi connectivity index (χ3n) is 6.68. The summed E-state index contributed by atoms with van der Waals surface area (Å²) in [7, 11) is 0. The summed E-state index contributed by atoms with van der Waals surface area (Å²) in [5.41, 5.74) is 27.5. The van der Waals surface area contributed by atoms with E-state index in [0.29, 0.717) is 25.8 Å². The molecule has 0 fully saturated rings. The second kappa shape index (κ2) is 22.3. The molecule has 0 saturated heterocycles. The summed E-state index contributed by atoms with van der Waals surface area (Å²) < 4.78 is 0. The van der Waals surface area contributed by atoms with Crippen molar-refractivity contribution in [2.24, 2.45) is 34.6 Å². The van der Waals surface area contributed by atoms with Gasteiger partial charge in [0.25, 0.3) is 0 Å². The molecule has 0 aliphatic rings. The molecular weight excluding hydrogens is 590 g/mol. The van der Waals surface area contributed by atoms with Gasteiger partial charge in [0.15, 0.2) is 11.9 Å². The molecule has 0 aromatic rings. The van der Waals surface area contributed by atoms with Crippen LogP contribution in [0.5, 0.6) is 0 Å². The van der Waals surface area contributed by atoms with Crippen LogP contribution in [0.3, 0.4) is 0 Å². The molecule has 258 valence electrons. The summed E-state index contributed by atoms with van der Waals surface area (Å²) in [6.07, 6.45) is 1.89. The second-order valence-corrected chi connectivity index (χ2v) is 10.8. The predicted octanol–water partition coefficient (Wildman–Crippen LogP) is -4.96. The molecule has 0 bridgehead atoms. The fraction of sp³-hybridized carbons (Fsp3) is 0.731. The number of rotatable bonds is 23. The van der Waals surface area contributed by atoms with Crippen molar-refractivity contribution in [2.45, 2.75) is 89.0 Å². The van der Waals surface area contributed by atoms with E-state index in [9.17, 15) is 29.1 Å². The standard InChI is InChI=1S/C26H53N13O6/c1-14(2)19(28)24(45)39-18(13-40)23(44)38-16(7-3-4-10-27)22(43)37-17(9-6-12-35-26(32)33)21(42)36-15(20(29)41)8-5-11-34-25(30)31/h14-19,40H,3-13,27-28H2,1-2H3,(H2,29,41)(H,36,42)(H,37,43)(H,38,44)(H,39,45)(H4,30,31,34)(H4,32,33,35)/t15-,16-,17-,18-,19-/m0/s1. The minimum atomic E-state index is -1.39. The Kier molecular flexibility index (Phi) is 20.2. The largest absolute Gasteiger partial charge is 0.394 e. The van der Waals surface area contributed by atoms with Crippen LogP contribution in [0.15, 0.2) is 0 Å². The molecule has 0 rings (SSSR count). The van der Waals surface area contributed by atoms with E-state index in [4.69, 9.17) is 39.5 Å². The lowest BCUT2D eigenvalue weighted by molar-refractivity contribution is -0.135. The van der Waals surface area contributed by atoms with Crippen molar-refractivity contribution >= 4 is 41.5 Å². The van der Waals surface area contributed by atoms with Gasteiger partial charge in [-0.05, 0) is 57.4 Å². The van der Waals surface area contributed by atoms with Crippen molar-refractivity contribution in [1.29, 1.82) is 10.8 Å². The Labute approximate surface area is 263 Å². The molecule has 5 atom stereocenters. The first-order valence-corrected chi connectivity index (χ1v) is 14.9. The fourth-order valence-corrected chi connectivity index (χ4v) is 3.96. The van der Waals surface area contributed by atoms with Crippen molar-refractivity contribution in [2.75, 3.05) is 26.2 Å². The summed E-state index contributed by atoms with van der Waals surface area (Å²) in [6.45, 7) is 3.47. The van der Waals surface area contributed by atoms with Gasteiger partial charge in [-0.3, -0.25) is 34.8 Å². The van der Waals surface area contributed by atoms with Crippen molar-refractivity contribution in [3.63, 3.8) is 0 Å². The zero-order valence-corrected chi connectivity index (χ0v) is 26.1. The summed E-state index contributed by atoms with van der Waals surface area (Å²) in [4.78, 5) is 64.1. The van der Waals surface area contributed by atoms with Crippen LogP contribution in [0.1, 0.15) is 58.8 Å². The number of hydrogen-bond acceptors (Lipinski definition) is 10. The first kappa shape index (κ1) is 40.8. The van der Waals surface area contributed by atoms with Crippen LogP contribution >= 0.6 is 0 Å². The van der Waals surface area contributed by atoms with Crippen molar-refractivity contribution in [3.05, 3.63) is 0 Å². The smallest absolute Gasteiger partial charge is 0.245 e. The van der Waals surface area contributed by atoms with E-state index in [1.807, 2.05) is 0 Å². The third-order valence-corrected chi connectivity index (χ3v) is 6.68. The van der Waals surface area contributed by atoms with Gasteiger partial charge in [0.05, 0.1) is 12.6 Å². The maximum atomic E-state index is 13.4. The second-order valence-electron chi connectivity index (χ2n) is 10.8. The average Bonchev–Trinajstić information content (AvgIpc) is 2.96. The molecular formula is C26H53N13O6. The monoisotopic (exact) mass is 643 g/mol. The van der Waals surface area contributed by atoms with E-state index in [-0.39, 0.29) is 56.6 Å². The lowest BCUT2D eigenvalue weighted by atomic mass is 10.0. The van der Waals surface area contributed by atoms with Gasteiger partial charge in [-0.2, -0.15) is 0 Å². The highest BCUT2D eigenvalue weighted by Crippen LogP contribution is 2.07. The Morgan fingerprint density at radius 3 is 1.44 bits per heavy atom. The van der Waals surface area contributed by atoms with Crippen LogP contribution in [0.4, 0.5) is 0 Å². The quantitative estimate of drug-likeness (QED) is 0.0283. The number of primary amides is 1. The highest BCUT2D eigenvalue weighted by molar-refractivity contribution is 5.95. The summed E-state index contributed by atoms with van der Waals surface area (Å²) in [6, 6.07) is -5.77. The molecule has 19 nitrogen and oxygen atoms in total. The van der Waals surface area contributed by atoms with Crippen molar-refractivity contribution in [3.8, 4) is 0 Å². The first-order valence-electron chi connectivity index (χ1n) is 14.9. The Morgan fingerprint density at radius 2 is 1.04 bits per heavy atom. The van der Waals surface area contributed by atoms with Crippen molar-refractivity contribution in [1.82, 2.24) is 31.9 Å². The van der Waals surface area contributed by atoms with Gasteiger partial charge in [0.1, 0.15) is 24.2 Å². The maximum absolute atomic E-state index is 13.4. The van der Waals surface area contributed by atoms with Crippen LogP contribution in [0.2, 0.25) is 0 Å². The van der Waals surface area contributed by atoms with Crippen LogP contribution < -0.4 is 60.6 Å². The Balaban J connectivity index is 5.83. The lowest BCUT2D eigenvalue weighted by Crippen LogP contribution is -2.59. The number of carbonyl (C=O) groups excluding carboxylic acids is 5. The zero-order valence-electron chi connectivity index (χ0n) is 26.1. The zero-order chi connectivity index (χ0) is 34.5. The number of unbranched alkanes of at least 4 members (excludes halogenated alkanes) is 1. The highest BCUT2D eigenvalue weighted by atomic mass is 16.3. The number of guanidine groups is 2. The number of carbonyl (C=O) groups is 5. The minimum absolute atomic E-state index is 0.0567. The van der Waals surface area contributed by atoms with E-state index < -0.39 is 66.4 Å². The van der Waals surface area contributed by atoms with Gasteiger partial charge in [-0.15, -0.1) is 0 Å². The number of hydrogen-bond donors (Lipinski definition) is 14. The molecule has 0 aliphatic carbocycles. The molecule has 19 heteroatoms. The van der Waals surface area contributed by atoms with E-state index in [0.717, 1.165) is 0 Å². The molecule has 0 saturated carbocycles. The Morgan fingerprint density at radius 1 is 0.644 bits per heavy atom. The topological polar surface area (TPSA) is 356 Å². The molecule has 0 unspecified atom stereocenters. The first-order chi connectivity index (χ1) is 21.1. The van der Waals surface area contributed by atoms with Gasteiger partial charge in [0.2, 0.25) is 29.5 Å². The van der Waals surface area contributed by atoms with E-state index in [1.165, 1.54) is 0 Å². The Bertz CT molecular complexity index is 996. The fourth-order valence-electron chi connectivity index (χ4n) is 3.96. The van der Waals surface area contributed by atoms with E-state index in [1.54, 1.807) is 13.8 Å². The van der Waals surface area contributed by atoms with Crippen LogP contribution in [0.25, 0.3) is 0 Å². The lowest BCUT2D eigenvalue weighted by Gasteiger charge is -2.26. The normalized spacial score (nSPS) is 14.2. The van der Waals surface area contributed by atoms with Gasteiger partial charge in [0, 0.05) is 13.1 Å². The van der Waals surface area contributed by atoms with Gasteiger partial charge >= 0.3 is 0 Å².